The van der Waals surface area contributed by atoms with Crippen molar-refractivity contribution in [2.75, 3.05) is 9.80 Å². The second kappa shape index (κ2) is 11.8. The van der Waals surface area contributed by atoms with Crippen LogP contribution in [0.15, 0.2) is 186 Å². The van der Waals surface area contributed by atoms with Gasteiger partial charge in [0.25, 0.3) is 0 Å². The van der Waals surface area contributed by atoms with Gasteiger partial charge in [0.2, 0.25) is 0 Å². The van der Waals surface area contributed by atoms with E-state index in [0.717, 1.165) is 61.4 Å². The second-order valence-corrected chi connectivity index (χ2v) is 14.2. The lowest BCUT2D eigenvalue weighted by Crippen LogP contribution is -2.16. The minimum atomic E-state index is -0.0884. The Balaban J connectivity index is 1.12. The van der Waals surface area contributed by atoms with Gasteiger partial charge in [0.15, 0.2) is 0 Å². The van der Waals surface area contributed by atoms with Crippen LogP contribution in [0.25, 0.3) is 43.8 Å². The molecule has 0 atom stereocenters. The van der Waals surface area contributed by atoms with Crippen LogP contribution in [0, 0.1) is 0 Å². The zero-order valence-electron chi connectivity index (χ0n) is 29.1. The van der Waals surface area contributed by atoms with E-state index >= 15 is 0 Å². The average Bonchev–Trinajstić information content (AvgIpc) is 3.69. The van der Waals surface area contributed by atoms with Gasteiger partial charge in [-0.15, -0.1) is 0 Å². The first-order valence-electron chi connectivity index (χ1n) is 17.9. The molecule has 0 fully saturated rings. The molecule has 10 rings (SSSR count). The average molecular weight is 669 g/mol. The molecule has 8 aromatic carbocycles. The second-order valence-electron chi connectivity index (χ2n) is 14.2. The Kier molecular flexibility index (Phi) is 6.84. The summed E-state index contributed by atoms with van der Waals surface area (Å²) in [6.07, 6.45) is 0. The summed E-state index contributed by atoms with van der Waals surface area (Å²) in [6.45, 7) is 4.68. The van der Waals surface area contributed by atoms with Gasteiger partial charge >= 0.3 is 0 Å². The van der Waals surface area contributed by atoms with E-state index < -0.39 is 0 Å². The molecule has 1 aromatic heterocycles. The van der Waals surface area contributed by atoms with E-state index in [-0.39, 0.29) is 5.41 Å². The van der Waals surface area contributed by atoms with Crippen molar-refractivity contribution < 1.29 is 4.42 Å². The van der Waals surface area contributed by atoms with E-state index in [4.69, 9.17) is 4.42 Å². The molecule has 0 unspecified atom stereocenters. The fourth-order valence-corrected chi connectivity index (χ4v) is 8.33. The summed E-state index contributed by atoms with van der Waals surface area (Å²) < 4.78 is 6.61. The van der Waals surface area contributed by atoms with E-state index in [1.807, 2.05) is 0 Å². The molecule has 3 heteroatoms. The van der Waals surface area contributed by atoms with Gasteiger partial charge in [0.05, 0.1) is 11.1 Å². The molecule has 0 bridgehead atoms. The van der Waals surface area contributed by atoms with Crippen LogP contribution in [-0.4, -0.2) is 0 Å². The van der Waals surface area contributed by atoms with Gasteiger partial charge in [-0.05, 0) is 107 Å². The number of benzene rings is 8. The predicted molar refractivity (Wildman–Crippen MR) is 218 cm³/mol. The quantitative estimate of drug-likeness (QED) is 0.176. The van der Waals surface area contributed by atoms with Crippen LogP contribution in [0.4, 0.5) is 34.1 Å². The first-order chi connectivity index (χ1) is 25.6. The summed E-state index contributed by atoms with van der Waals surface area (Å²) in [5.74, 6) is 0. The minimum Gasteiger partial charge on any atom is -0.455 e. The molecule has 0 radical (unpaired) electrons. The smallest absolute Gasteiger partial charge is 0.143 e. The van der Waals surface area contributed by atoms with Crippen molar-refractivity contribution in [2.45, 2.75) is 19.3 Å². The maximum Gasteiger partial charge on any atom is 0.143 e. The Morgan fingerprint density at radius 3 is 1.79 bits per heavy atom. The van der Waals surface area contributed by atoms with E-state index in [1.165, 1.54) is 27.6 Å². The van der Waals surface area contributed by atoms with Crippen molar-refractivity contribution in [3.63, 3.8) is 0 Å². The number of hydrogen-bond donors (Lipinski definition) is 0. The van der Waals surface area contributed by atoms with Crippen molar-refractivity contribution in [3.8, 4) is 11.1 Å². The molecule has 1 aliphatic carbocycles. The standard InChI is InChI=1S/C49H36N2O/c1-49(2)43-21-12-11-20-40(43)41-31-29-38(32-44(41)49)50(34-15-5-3-6-16-34)36-25-27-37(28-26-36)51(35-17-7-4-8-18-35)45-22-13-23-46-47(45)42-30-24-33-14-9-10-19-39(33)48(42)52-46/h3-32H,1-2H3. The molecular formula is C49H36N2O. The molecule has 0 spiro atoms. The van der Waals surface area contributed by atoms with Gasteiger partial charge in [0, 0.05) is 44.6 Å². The third kappa shape index (κ3) is 4.66. The molecular weight excluding hydrogens is 633 g/mol. The highest BCUT2D eigenvalue weighted by molar-refractivity contribution is 6.19. The highest BCUT2D eigenvalue weighted by Crippen LogP contribution is 2.51. The van der Waals surface area contributed by atoms with Crippen LogP contribution in [0.1, 0.15) is 25.0 Å². The van der Waals surface area contributed by atoms with Crippen LogP contribution in [-0.2, 0) is 5.41 Å². The summed E-state index contributed by atoms with van der Waals surface area (Å²) in [7, 11) is 0. The zero-order valence-corrected chi connectivity index (χ0v) is 29.1. The monoisotopic (exact) mass is 668 g/mol. The number of rotatable bonds is 6. The normalized spacial score (nSPS) is 13.0. The van der Waals surface area contributed by atoms with Crippen molar-refractivity contribution >= 4 is 66.8 Å². The summed E-state index contributed by atoms with van der Waals surface area (Å²) in [5.41, 5.74) is 13.7. The topological polar surface area (TPSA) is 19.6 Å². The van der Waals surface area contributed by atoms with Crippen LogP contribution in [0.3, 0.4) is 0 Å². The van der Waals surface area contributed by atoms with E-state index in [1.54, 1.807) is 0 Å². The first kappa shape index (κ1) is 30.3. The molecule has 3 nitrogen and oxygen atoms in total. The van der Waals surface area contributed by atoms with Gasteiger partial charge in [-0.25, -0.2) is 0 Å². The van der Waals surface area contributed by atoms with Crippen molar-refractivity contribution in [2.24, 2.45) is 0 Å². The molecule has 1 heterocycles. The number of fused-ring (bicyclic) bond motifs is 8. The summed E-state index contributed by atoms with van der Waals surface area (Å²) >= 11 is 0. The summed E-state index contributed by atoms with van der Waals surface area (Å²) in [4.78, 5) is 4.71. The third-order valence-electron chi connectivity index (χ3n) is 10.8. The Labute approximate surface area is 303 Å². The number of nitrogens with zero attached hydrogens (tertiary/aromatic N) is 2. The molecule has 1 aliphatic rings. The molecule has 0 saturated carbocycles. The highest BCUT2D eigenvalue weighted by atomic mass is 16.3. The van der Waals surface area contributed by atoms with Gasteiger partial charge < -0.3 is 14.2 Å². The zero-order chi connectivity index (χ0) is 34.8. The summed E-state index contributed by atoms with van der Waals surface area (Å²) in [6, 6.07) is 65.2. The number of furan rings is 1. The Bertz CT molecular complexity index is 2760. The summed E-state index contributed by atoms with van der Waals surface area (Å²) in [5, 5.41) is 4.51. The molecule has 0 aliphatic heterocycles. The Hall–Kier alpha value is -6.58. The van der Waals surface area contributed by atoms with E-state index in [9.17, 15) is 0 Å². The molecule has 0 amide bonds. The molecule has 248 valence electrons. The van der Waals surface area contributed by atoms with Crippen molar-refractivity contribution in [3.05, 3.63) is 193 Å². The molecule has 9 aromatic rings. The SMILES string of the molecule is CC1(C)c2ccccc2-c2ccc(N(c3ccccc3)c3ccc(N(c4ccccc4)c4cccc5oc6c7ccccc7ccc6c45)cc3)cc21. The van der Waals surface area contributed by atoms with Gasteiger partial charge in [-0.2, -0.15) is 0 Å². The van der Waals surface area contributed by atoms with Crippen molar-refractivity contribution in [1.29, 1.82) is 0 Å². The number of anilines is 6. The lowest BCUT2D eigenvalue weighted by atomic mass is 9.82. The largest absolute Gasteiger partial charge is 0.455 e. The van der Waals surface area contributed by atoms with E-state index in [2.05, 4.69) is 206 Å². The fourth-order valence-electron chi connectivity index (χ4n) is 8.33. The molecule has 0 N–H and O–H groups in total. The maximum atomic E-state index is 6.61. The van der Waals surface area contributed by atoms with Gasteiger partial charge in [-0.3, -0.25) is 0 Å². The van der Waals surface area contributed by atoms with Crippen LogP contribution >= 0.6 is 0 Å². The lowest BCUT2D eigenvalue weighted by molar-refractivity contribution is 0.660. The predicted octanol–water partition coefficient (Wildman–Crippen LogP) is 14.0. The van der Waals surface area contributed by atoms with Gasteiger partial charge in [0.1, 0.15) is 11.2 Å². The molecule has 52 heavy (non-hydrogen) atoms. The van der Waals surface area contributed by atoms with Crippen molar-refractivity contribution in [1.82, 2.24) is 0 Å². The van der Waals surface area contributed by atoms with Crippen LogP contribution in [0.5, 0.6) is 0 Å². The maximum absolute atomic E-state index is 6.61. The minimum absolute atomic E-state index is 0.0884. The first-order valence-corrected chi connectivity index (χ1v) is 17.9. The molecule has 0 saturated heterocycles. The van der Waals surface area contributed by atoms with Crippen LogP contribution < -0.4 is 9.80 Å². The highest BCUT2D eigenvalue weighted by Gasteiger charge is 2.35. The third-order valence-corrected chi connectivity index (χ3v) is 10.8. The number of para-hydroxylation sites is 2. The Morgan fingerprint density at radius 2 is 1.02 bits per heavy atom. The fraction of sp³-hybridized carbons (Fsp3) is 0.0612. The van der Waals surface area contributed by atoms with Gasteiger partial charge in [-0.1, -0.05) is 117 Å². The van der Waals surface area contributed by atoms with E-state index in [0.29, 0.717) is 0 Å². The van der Waals surface area contributed by atoms with Crippen LogP contribution in [0.2, 0.25) is 0 Å². The number of hydrogen-bond acceptors (Lipinski definition) is 3. The lowest BCUT2D eigenvalue weighted by Gasteiger charge is -2.29. The Morgan fingerprint density at radius 1 is 0.423 bits per heavy atom.